The summed E-state index contributed by atoms with van der Waals surface area (Å²) in [5, 5.41) is 12.4. The molecule has 0 saturated carbocycles. The largest absolute Gasteiger partial charge is 0.475 e. The fourth-order valence-electron chi connectivity index (χ4n) is 3.93. The zero-order chi connectivity index (χ0) is 24.7. The maximum atomic E-state index is 13.2. The van der Waals surface area contributed by atoms with Gasteiger partial charge in [0.2, 0.25) is 5.76 Å². The number of benzene rings is 2. The van der Waals surface area contributed by atoms with E-state index in [0.29, 0.717) is 16.3 Å². The maximum Gasteiger partial charge on any atom is 0.371 e. The van der Waals surface area contributed by atoms with Crippen molar-refractivity contribution in [3.8, 4) is 0 Å². The smallest absolute Gasteiger partial charge is 0.371 e. The van der Waals surface area contributed by atoms with Crippen LogP contribution in [-0.4, -0.2) is 33.5 Å². The number of carboxylic acid groups (broad SMARTS) is 1. The van der Waals surface area contributed by atoms with E-state index in [1.807, 2.05) is 28.8 Å². The van der Waals surface area contributed by atoms with E-state index in [1.165, 1.54) is 24.3 Å². The van der Waals surface area contributed by atoms with Crippen LogP contribution >= 0.6 is 11.6 Å². The Labute approximate surface area is 202 Å². The molecule has 1 saturated heterocycles. The Bertz CT molecular complexity index is 1560. The van der Waals surface area contributed by atoms with Gasteiger partial charge in [-0.2, -0.15) is 0 Å². The van der Waals surface area contributed by atoms with Gasteiger partial charge in [0.1, 0.15) is 11.3 Å². The van der Waals surface area contributed by atoms with Gasteiger partial charge in [-0.15, -0.1) is 0 Å². The van der Waals surface area contributed by atoms with Gasteiger partial charge in [-0.3, -0.25) is 14.9 Å². The molecular formula is C25H16ClN3O6. The van der Waals surface area contributed by atoms with Crippen LogP contribution < -0.4 is 10.2 Å². The lowest BCUT2D eigenvalue weighted by Crippen LogP contribution is -2.54. The Balaban J connectivity index is 1.55. The molecule has 9 nitrogen and oxygen atoms in total. The van der Waals surface area contributed by atoms with Crippen molar-refractivity contribution < 1.29 is 28.7 Å². The summed E-state index contributed by atoms with van der Waals surface area (Å²) in [6.07, 6.45) is 3.15. The maximum absolute atomic E-state index is 13.2. The number of para-hydroxylation sites is 1. The first-order valence-electron chi connectivity index (χ1n) is 10.4. The van der Waals surface area contributed by atoms with Gasteiger partial charge in [0.05, 0.1) is 12.2 Å². The Kier molecular flexibility index (Phi) is 5.46. The Morgan fingerprint density at radius 1 is 1.06 bits per heavy atom. The third-order valence-electron chi connectivity index (χ3n) is 5.49. The summed E-state index contributed by atoms with van der Waals surface area (Å²) in [6, 6.07) is 15.6. The molecule has 1 aliphatic heterocycles. The second kappa shape index (κ2) is 8.62. The minimum Gasteiger partial charge on any atom is -0.475 e. The molecule has 2 aromatic carbocycles. The number of carbonyl (C=O) groups excluding carboxylic acids is 3. The van der Waals surface area contributed by atoms with Gasteiger partial charge in [-0.05, 0) is 42.5 Å². The molecule has 1 fully saturated rings. The number of aromatic carboxylic acids is 1. The topological polar surface area (TPSA) is 122 Å². The first kappa shape index (κ1) is 22.2. The molecule has 0 aliphatic carbocycles. The molecule has 0 radical (unpaired) electrons. The average molecular weight is 490 g/mol. The summed E-state index contributed by atoms with van der Waals surface area (Å²) in [7, 11) is 0. The summed E-state index contributed by atoms with van der Waals surface area (Å²) in [6.45, 7) is 0.226. The third-order valence-corrected chi connectivity index (χ3v) is 5.72. The molecule has 0 unspecified atom stereocenters. The van der Waals surface area contributed by atoms with Crippen molar-refractivity contribution in [1.29, 1.82) is 0 Å². The number of halogens is 1. The van der Waals surface area contributed by atoms with Crippen molar-refractivity contribution >= 4 is 58.1 Å². The molecule has 35 heavy (non-hydrogen) atoms. The van der Waals surface area contributed by atoms with Gasteiger partial charge in [0.15, 0.2) is 0 Å². The molecule has 4 amide bonds. The fourth-order valence-corrected chi connectivity index (χ4v) is 4.11. The zero-order valence-corrected chi connectivity index (χ0v) is 18.7. The van der Waals surface area contributed by atoms with Crippen molar-refractivity contribution in [2.24, 2.45) is 0 Å². The van der Waals surface area contributed by atoms with E-state index >= 15 is 0 Å². The number of furan rings is 1. The highest BCUT2D eigenvalue weighted by Gasteiger charge is 2.37. The Morgan fingerprint density at radius 3 is 2.60 bits per heavy atom. The number of carbonyl (C=O) groups is 4. The van der Waals surface area contributed by atoms with Crippen molar-refractivity contribution in [2.45, 2.75) is 6.54 Å². The van der Waals surface area contributed by atoms with E-state index in [9.17, 15) is 19.2 Å². The Morgan fingerprint density at radius 2 is 1.86 bits per heavy atom. The fraction of sp³-hybridized carbons (Fsp3) is 0.0400. The number of nitrogens with one attached hydrogen (secondary N) is 1. The van der Waals surface area contributed by atoms with Gasteiger partial charge in [-0.1, -0.05) is 35.9 Å². The number of fused-ring (bicyclic) bond motifs is 1. The molecule has 0 bridgehead atoms. The molecule has 2 N–H and O–H groups in total. The number of urea groups is 1. The van der Waals surface area contributed by atoms with E-state index in [4.69, 9.17) is 21.1 Å². The molecule has 174 valence electrons. The lowest BCUT2D eigenvalue weighted by atomic mass is 10.1. The number of rotatable bonds is 5. The van der Waals surface area contributed by atoms with E-state index in [1.54, 1.807) is 24.4 Å². The van der Waals surface area contributed by atoms with Crippen LogP contribution in [0.3, 0.4) is 0 Å². The molecule has 1 aliphatic rings. The number of imide groups is 2. The number of hydrogen-bond donors (Lipinski definition) is 2. The molecule has 5 rings (SSSR count). The number of barbiturate groups is 1. The second-order valence-electron chi connectivity index (χ2n) is 7.74. The Hall–Kier alpha value is -4.63. The summed E-state index contributed by atoms with van der Waals surface area (Å²) >= 11 is 6.01. The first-order valence-corrected chi connectivity index (χ1v) is 10.8. The molecule has 4 aromatic rings. The van der Waals surface area contributed by atoms with Crippen molar-refractivity contribution in [2.75, 3.05) is 4.90 Å². The minimum atomic E-state index is -1.17. The van der Waals surface area contributed by atoms with Crippen LogP contribution in [0.25, 0.3) is 17.0 Å². The van der Waals surface area contributed by atoms with Gasteiger partial charge >= 0.3 is 12.0 Å². The van der Waals surface area contributed by atoms with Crippen LogP contribution in [-0.2, 0) is 16.1 Å². The molecule has 3 heterocycles. The van der Waals surface area contributed by atoms with Gasteiger partial charge in [-0.25, -0.2) is 14.5 Å². The number of aromatic nitrogens is 1. The molecule has 2 aromatic heterocycles. The number of amides is 4. The van der Waals surface area contributed by atoms with Crippen LogP contribution in [0.1, 0.15) is 21.9 Å². The van der Waals surface area contributed by atoms with Gasteiger partial charge in [0, 0.05) is 27.7 Å². The first-order chi connectivity index (χ1) is 16.8. The van der Waals surface area contributed by atoms with Gasteiger partial charge < -0.3 is 14.1 Å². The molecule has 10 heteroatoms. The van der Waals surface area contributed by atoms with Crippen LogP contribution in [0.15, 0.2) is 76.9 Å². The molecular weight excluding hydrogens is 474 g/mol. The molecule has 0 atom stereocenters. The van der Waals surface area contributed by atoms with E-state index in [2.05, 4.69) is 5.32 Å². The average Bonchev–Trinajstić information content (AvgIpc) is 3.42. The normalized spacial score (nSPS) is 15.2. The summed E-state index contributed by atoms with van der Waals surface area (Å²) in [5.74, 6) is -2.51. The number of anilines is 1. The second-order valence-corrected chi connectivity index (χ2v) is 8.17. The van der Waals surface area contributed by atoms with Crippen LogP contribution in [0.4, 0.5) is 10.5 Å². The SMILES string of the molecule is O=C1NC(=O)N(c2cccc(Cl)c2)C(=O)/C1=C/c1cn(Cc2ccc(C(=O)O)o2)c2ccccc12. The van der Waals surface area contributed by atoms with Crippen molar-refractivity contribution in [3.63, 3.8) is 0 Å². The lowest BCUT2D eigenvalue weighted by molar-refractivity contribution is -0.122. The van der Waals surface area contributed by atoms with Crippen LogP contribution in [0.5, 0.6) is 0 Å². The van der Waals surface area contributed by atoms with Gasteiger partial charge in [0.25, 0.3) is 11.8 Å². The highest BCUT2D eigenvalue weighted by molar-refractivity contribution is 6.39. The summed E-state index contributed by atoms with van der Waals surface area (Å²) in [4.78, 5) is 50.3. The lowest BCUT2D eigenvalue weighted by Gasteiger charge is -2.26. The summed E-state index contributed by atoms with van der Waals surface area (Å²) in [5.41, 5.74) is 1.34. The van der Waals surface area contributed by atoms with Crippen LogP contribution in [0.2, 0.25) is 5.02 Å². The summed E-state index contributed by atoms with van der Waals surface area (Å²) < 4.78 is 7.18. The van der Waals surface area contributed by atoms with E-state index in [-0.39, 0.29) is 23.6 Å². The predicted molar refractivity (Wildman–Crippen MR) is 127 cm³/mol. The minimum absolute atomic E-state index is 0.172. The predicted octanol–water partition coefficient (Wildman–Crippen LogP) is 4.30. The number of carboxylic acids is 1. The highest BCUT2D eigenvalue weighted by atomic mass is 35.5. The number of hydrogen-bond acceptors (Lipinski definition) is 5. The molecule has 0 spiro atoms. The standard InChI is InChI=1S/C25H16ClN3O6/c26-15-4-3-5-16(11-15)29-23(31)19(22(30)27-25(29)34)10-14-12-28(20-7-2-1-6-18(14)20)13-17-8-9-21(35-17)24(32)33/h1-12H,13H2,(H,32,33)(H,27,30,34)/b19-10+. The van der Waals surface area contributed by atoms with Crippen LogP contribution in [0, 0.1) is 0 Å². The quantitative estimate of drug-likeness (QED) is 0.318. The van der Waals surface area contributed by atoms with Crippen molar-refractivity contribution in [1.82, 2.24) is 9.88 Å². The highest BCUT2D eigenvalue weighted by Crippen LogP contribution is 2.28. The number of nitrogens with zero attached hydrogens (tertiary/aromatic N) is 2. The third kappa shape index (κ3) is 4.09. The van der Waals surface area contributed by atoms with E-state index < -0.39 is 23.8 Å². The monoisotopic (exact) mass is 489 g/mol. The van der Waals surface area contributed by atoms with Crippen molar-refractivity contribution in [3.05, 3.63) is 94.5 Å². The van der Waals surface area contributed by atoms with E-state index in [0.717, 1.165) is 15.8 Å². The zero-order valence-electron chi connectivity index (χ0n) is 17.9.